The molecule has 0 radical (unpaired) electrons. The molecule has 0 bridgehead atoms. The number of thiocarbonyl (C=S) groups is 1. The number of halogens is 3. The van der Waals surface area contributed by atoms with E-state index in [0.717, 1.165) is 150 Å². The summed E-state index contributed by atoms with van der Waals surface area (Å²) in [5.74, 6) is -2.32. The molecule has 6 heterocycles. The molecule has 0 saturated heterocycles. The van der Waals surface area contributed by atoms with Gasteiger partial charge in [-0.25, -0.2) is 43.5 Å². The maximum Gasteiger partial charge on any atom is 0.338 e. The van der Waals surface area contributed by atoms with Gasteiger partial charge in [-0.2, -0.15) is 8.78 Å². The summed E-state index contributed by atoms with van der Waals surface area (Å²) in [6.07, 6.45) is 6.06. The van der Waals surface area contributed by atoms with Crippen LogP contribution in [0, 0.1) is 83.5 Å². The number of benzene rings is 7. The number of carboxylic acid groups (broad SMARTS) is 1. The van der Waals surface area contributed by atoms with Crippen LogP contribution in [0.4, 0.5) is 48.6 Å². The van der Waals surface area contributed by atoms with Gasteiger partial charge in [0.05, 0.1) is 196 Å². The lowest BCUT2D eigenvalue weighted by atomic mass is 10.1. The molecule has 1 unspecified atom stereocenters. The molecule has 728 valence electrons. The number of nitro groups is 3. The van der Waals surface area contributed by atoms with Crippen molar-refractivity contribution in [1.82, 2.24) is 34.1 Å². The van der Waals surface area contributed by atoms with Gasteiger partial charge in [-0.15, -0.1) is 11.6 Å². The maximum atomic E-state index is 13.0. The summed E-state index contributed by atoms with van der Waals surface area (Å²) >= 11 is 12.5. The number of fused-ring (bicyclic) bond motifs is 3. The van der Waals surface area contributed by atoms with E-state index in [2.05, 4.69) is 60.2 Å². The highest BCUT2D eigenvalue weighted by Crippen LogP contribution is 2.35. The number of likely N-dealkylation sites (N-methyl/N-ethyl adjacent to an activating group) is 1. The highest BCUT2D eigenvalue weighted by atomic mass is 35.5. The van der Waals surface area contributed by atoms with E-state index in [-0.39, 0.29) is 46.0 Å². The number of pyridine rings is 3. The van der Waals surface area contributed by atoms with E-state index in [1.807, 2.05) is 89.5 Å². The van der Waals surface area contributed by atoms with Gasteiger partial charge in [0.2, 0.25) is 11.6 Å². The molecule has 5 aromatic heterocycles. The van der Waals surface area contributed by atoms with Crippen LogP contribution in [0.5, 0.6) is 17.2 Å². The number of aryl methyl sites for hydroxylation is 5. The van der Waals surface area contributed by atoms with Crippen molar-refractivity contribution in [2.45, 2.75) is 75.7 Å². The van der Waals surface area contributed by atoms with Gasteiger partial charge in [-0.3, -0.25) is 49.5 Å². The number of nitrogen functional groups attached to an aromatic ring is 1. The number of carboxylic acids is 1. The van der Waals surface area contributed by atoms with Crippen LogP contribution in [-0.2, 0) is 77.1 Å². The minimum Gasteiger partial charge on any atom is -0.496 e. The Kier molecular flexibility index (Phi) is 43.9. The van der Waals surface area contributed by atoms with Crippen molar-refractivity contribution in [3.63, 3.8) is 0 Å². The Morgan fingerprint density at radius 3 is 1.28 bits per heavy atom. The van der Waals surface area contributed by atoms with Gasteiger partial charge < -0.3 is 83.9 Å². The van der Waals surface area contributed by atoms with Gasteiger partial charge in [0.25, 0.3) is 5.69 Å². The molecule has 0 fully saturated rings. The summed E-state index contributed by atoms with van der Waals surface area (Å²) in [5, 5.41) is 46.4. The van der Waals surface area contributed by atoms with Gasteiger partial charge in [-0.1, -0.05) is 24.0 Å². The maximum absolute atomic E-state index is 13.0. The van der Waals surface area contributed by atoms with E-state index < -0.39 is 72.5 Å². The lowest BCUT2D eigenvalue weighted by molar-refractivity contribution is -0.387. The molecule has 39 nitrogen and oxygen atoms in total. The first-order valence-corrected chi connectivity index (χ1v) is 43.4. The molecule has 137 heavy (non-hydrogen) atoms. The molecule has 1 atom stereocenters. The summed E-state index contributed by atoms with van der Waals surface area (Å²) in [6, 6.07) is 30.3. The number of hydrogen-bond donors (Lipinski definition) is 5. The van der Waals surface area contributed by atoms with Crippen molar-refractivity contribution in [3.8, 4) is 17.2 Å². The lowest BCUT2D eigenvalue weighted by Gasteiger charge is -2.12. The first kappa shape index (κ1) is 112. The Bertz CT molecular complexity index is 6490. The van der Waals surface area contributed by atoms with E-state index in [1.165, 1.54) is 60.8 Å². The van der Waals surface area contributed by atoms with Gasteiger partial charge >= 0.3 is 53.2 Å². The minimum absolute atomic E-state index is 0.0550. The SMILES string of the molecule is CN.CNc1ccc(C(=O)OC)cc1N.CNc1ccc(C(=O)OC)cc1[N+](=O)[O-].COC(=O)c1ccc(F)c([N+](=O)[O-])c1.COC(=O)c1ccc2c(c1)CC(=S)N2C.COC(=O)c1ccc2c(c1)nc(S(=O)Cc1ncc(C)c(OC)c1C)n2C.COC(=O)c1ccc2c(c1)nc(SCc1ncc(C)c(OC)c1C)n2C.COc1c(C)cnc(CCl)c1C.O=C(O)c1ccc(F)c([N+](=O)[O-])c1. The molecule has 45 heteroatoms. The number of rotatable bonds is 22. The summed E-state index contributed by atoms with van der Waals surface area (Å²) < 4.78 is 85.8. The molecule has 13 rings (SSSR count). The average molecular weight is 1970 g/mol. The number of thioether (sulfide) groups is 1. The number of aromatic carboxylic acids is 1. The van der Waals surface area contributed by atoms with E-state index >= 15 is 0 Å². The van der Waals surface area contributed by atoms with E-state index in [4.69, 9.17) is 58.3 Å². The fourth-order valence-corrected chi connectivity index (χ4v) is 15.5. The molecule has 1 aliphatic rings. The fourth-order valence-electron chi connectivity index (χ4n) is 12.7. The van der Waals surface area contributed by atoms with Crippen LogP contribution in [-0.4, -0.2) is 197 Å². The predicted octanol–water partition coefficient (Wildman–Crippen LogP) is 15.6. The van der Waals surface area contributed by atoms with Crippen molar-refractivity contribution in [1.29, 1.82) is 0 Å². The number of hydrogen-bond acceptors (Lipinski definition) is 34. The summed E-state index contributed by atoms with van der Waals surface area (Å²) in [7, 11) is 21.9. The highest BCUT2D eigenvalue weighted by molar-refractivity contribution is 7.98. The molecule has 0 saturated carbocycles. The number of aromatic nitrogens is 7. The zero-order valence-electron chi connectivity index (χ0n) is 78.5. The number of nitrogens with two attached hydrogens (primary N) is 2. The number of alkyl halides is 1. The summed E-state index contributed by atoms with van der Waals surface area (Å²) in [4.78, 5) is 132. The van der Waals surface area contributed by atoms with Gasteiger partial charge in [-0.05, 0) is 163 Å². The average Bonchev–Trinajstić information content (AvgIpc) is 1.61. The second-order valence-electron chi connectivity index (χ2n) is 28.2. The number of imidazole rings is 2. The Labute approximate surface area is 802 Å². The molecule has 7 aromatic carbocycles. The first-order valence-electron chi connectivity index (χ1n) is 40.1. The van der Waals surface area contributed by atoms with Crippen LogP contribution in [0.3, 0.4) is 0 Å². The predicted molar refractivity (Wildman–Crippen MR) is 517 cm³/mol. The zero-order chi connectivity index (χ0) is 103. The van der Waals surface area contributed by atoms with Gasteiger partial charge in [0, 0.05) is 123 Å². The molecule has 12 aromatic rings. The number of carbonyl (C=O) groups excluding carboxylic acids is 6. The van der Waals surface area contributed by atoms with Crippen LogP contribution in [0.15, 0.2) is 156 Å². The number of carbonyl (C=O) groups is 7. The Hall–Kier alpha value is -15.3. The van der Waals surface area contributed by atoms with Crippen LogP contribution < -0.4 is 41.2 Å². The van der Waals surface area contributed by atoms with Crippen molar-refractivity contribution >= 4 is 155 Å². The van der Waals surface area contributed by atoms with Crippen LogP contribution >= 0.6 is 35.6 Å². The number of nitrogens with one attached hydrogen (secondary N) is 2. The fraction of sp³-hybridized carbons (Fsp3) is 0.272. The largest absolute Gasteiger partial charge is 0.496 e. The van der Waals surface area contributed by atoms with Crippen molar-refractivity contribution in [2.24, 2.45) is 19.8 Å². The van der Waals surface area contributed by atoms with E-state index in [9.17, 15) is 76.9 Å². The number of nitro benzene ring substituents is 3. The number of nitrogens with zero attached hydrogens (tertiary/aromatic N) is 11. The Morgan fingerprint density at radius 1 is 0.504 bits per heavy atom. The number of methoxy groups -OCH3 is 9. The second kappa shape index (κ2) is 53.6. The standard InChI is InChI=1S/C19H21N3O4S.C19H21N3O3S.C11H11NO2S.C9H12ClNO.C9H10N2O4.C9H12N2O2.C8H6FNO4.C7H4FNO4.CH5N/c1-11-9-20-15(12(2)17(11)25-4)10-27(24)19-21-14-8-13(18(23)26-5)6-7-16(14)22(19)3;1-11-9-20-15(12(2)17(11)24-4)10-26-19-21-14-8-13(18(23)25-5)6-7-16(14)22(19)3;1-12-9-4-3-7(11(13)14-2)5-8(9)6-10(12)15;1-6-5-11-8(4-10)7(2)9(6)12-3;1-10-7-4-3-6(9(12)15-2)5-8(7)11(13)14;1-11-8-4-3-6(5-7(8)10)9(12)13-2;1-14-8(11)5-2-3-6(9)7(4-5)10(12)13;8-5-2-1-4(7(10)11)3-6(5)9(12)13;1-2/h6-9H,10H2,1-5H3;6-9H,10H2,1-5H3;3-5H,6H2,1-2H3;5H,4H2,1-3H3;3-5,10H,1-2H3;3-5,11H,10H2,1-2H3;2-4H,1H3;1-3H,(H,10,11);2H2,1H3. The van der Waals surface area contributed by atoms with Crippen LogP contribution in [0.2, 0.25) is 0 Å². The normalized spacial score (nSPS) is 10.8. The molecule has 0 amide bonds. The topological polar surface area (TPSA) is 523 Å². The molecule has 1 aliphatic heterocycles. The first-order chi connectivity index (χ1) is 65.0. The van der Waals surface area contributed by atoms with Crippen LogP contribution in [0.1, 0.15) is 129 Å². The number of anilines is 4. The highest BCUT2D eigenvalue weighted by Gasteiger charge is 2.26. The lowest BCUT2D eigenvalue weighted by Crippen LogP contribution is -2.18. The Balaban J connectivity index is 0.000000281. The van der Waals surface area contributed by atoms with Crippen molar-refractivity contribution < 1.29 is 109 Å². The van der Waals surface area contributed by atoms with E-state index in [1.54, 1.807) is 126 Å². The second-order valence-corrected chi connectivity index (χ2v) is 31.3. The summed E-state index contributed by atoms with van der Waals surface area (Å²) in [6.45, 7) is 11.8. The molecule has 0 spiro atoms. The third-order valence-corrected chi connectivity index (χ3v) is 22.9. The quantitative estimate of drug-likeness (QED) is 0.00615. The van der Waals surface area contributed by atoms with Crippen LogP contribution in [0.25, 0.3) is 22.1 Å². The molecular formula is C92H102ClF2N15O24S3. The minimum atomic E-state index is -1.41. The molecule has 0 aliphatic carbocycles. The zero-order valence-corrected chi connectivity index (χ0v) is 81.7. The van der Waals surface area contributed by atoms with Crippen molar-refractivity contribution in [2.75, 3.05) is 113 Å². The van der Waals surface area contributed by atoms with Gasteiger partial charge in [0.15, 0.2) is 10.3 Å². The third-order valence-electron chi connectivity index (χ3n) is 19.9. The Morgan fingerprint density at radius 2 is 0.861 bits per heavy atom. The van der Waals surface area contributed by atoms with Crippen molar-refractivity contribution in [3.05, 3.63) is 283 Å². The molecular weight excluding hydrogens is 1870 g/mol. The third kappa shape index (κ3) is 29.6. The molecule has 7 N–H and O–H groups in total. The smallest absolute Gasteiger partial charge is 0.338 e. The number of ether oxygens (including phenoxy) is 9. The summed E-state index contributed by atoms with van der Waals surface area (Å²) in [5.41, 5.74) is 25.6. The van der Waals surface area contributed by atoms with Gasteiger partial charge in [0.1, 0.15) is 22.9 Å². The monoisotopic (exact) mass is 1970 g/mol. The van der Waals surface area contributed by atoms with E-state index in [0.29, 0.717) is 67.7 Å². The number of esters is 6.